The molecule has 0 amide bonds. The van der Waals surface area contributed by atoms with Crippen LogP contribution < -0.4 is 5.32 Å². The van der Waals surface area contributed by atoms with E-state index in [0.29, 0.717) is 12.0 Å². The molecule has 1 rings (SSSR count). The van der Waals surface area contributed by atoms with E-state index in [-0.39, 0.29) is 0 Å². The van der Waals surface area contributed by atoms with Crippen LogP contribution in [0.3, 0.4) is 0 Å². The number of likely N-dealkylation sites (N-methyl/N-ethyl adjacent to an activating group) is 1. The summed E-state index contributed by atoms with van der Waals surface area (Å²) in [6.45, 7) is 13.4. The molecule has 0 aliphatic heterocycles. The molecule has 21 heavy (non-hydrogen) atoms. The normalized spacial score (nSPS) is 11.8. The monoisotopic (exact) mass is 292 g/mol. The third-order valence-corrected chi connectivity index (χ3v) is 3.25. The maximum Gasteiger partial charge on any atom is 0.0596 e. The van der Waals surface area contributed by atoms with Gasteiger partial charge in [0.15, 0.2) is 0 Å². The predicted octanol–water partition coefficient (Wildman–Crippen LogP) is 3.29. The standard InChI is InChI=1S/C18H32N2O/c1-15(2)12-19-13-17-7-6-8-18(11-17)14-20(5)9-10-21-16(3)4/h6-8,11,15-16,19H,9-10,12-14H2,1-5H3. The highest BCUT2D eigenvalue weighted by Crippen LogP contribution is 2.08. The molecule has 0 heterocycles. The lowest BCUT2D eigenvalue weighted by atomic mass is 10.1. The van der Waals surface area contributed by atoms with Gasteiger partial charge in [-0.25, -0.2) is 0 Å². The van der Waals surface area contributed by atoms with Crippen LogP contribution in [0, 0.1) is 5.92 Å². The highest BCUT2D eigenvalue weighted by molar-refractivity contribution is 5.23. The second kappa shape index (κ2) is 9.93. The summed E-state index contributed by atoms with van der Waals surface area (Å²) in [7, 11) is 2.15. The molecule has 3 heteroatoms. The van der Waals surface area contributed by atoms with E-state index in [4.69, 9.17) is 4.74 Å². The molecule has 0 aliphatic carbocycles. The maximum absolute atomic E-state index is 5.60. The van der Waals surface area contributed by atoms with Gasteiger partial charge in [-0.15, -0.1) is 0 Å². The largest absolute Gasteiger partial charge is 0.377 e. The lowest BCUT2D eigenvalue weighted by Gasteiger charge is -2.18. The van der Waals surface area contributed by atoms with E-state index in [1.165, 1.54) is 11.1 Å². The van der Waals surface area contributed by atoms with Crippen LogP contribution >= 0.6 is 0 Å². The third kappa shape index (κ3) is 8.86. The van der Waals surface area contributed by atoms with Gasteiger partial charge in [-0.3, -0.25) is 4.90 Å². The van der Waals surface area contributed by atoms with E-state index in [9.17, 15) is 0 Å². The van der Waals surface area contributed by atoms with Gasteiger partial charge in [0.25, 0.3) is 0 Å². The Morgan fingerprint density at radius 1 is 1.14 bits per heavy atom. The average molecular weight is 292 g/mol. The lowest BCUT2D eigenvalue weighted by molar-refractivity contribution is 0.0627. The first-order valence-electron chi connectivity index (χ1n) is 8.06. The van der Waals surface area contributed by atoms with Crippen molar-refractivity contribution in [2.45, 2.75) is 46.9 Å². The molecule has 1 N–H and O–H groups in total. The number of hydrogen-bond donors (Lipinski definition) is 1. The molecule has 0 aromatic heterocycles. The molecule has 1 aromatic rings. The lowest BCUT2D eigenvalue weighted by Crippen LogP contribution is -2.24. The molecule has 0 bridgehead atoms. The Hall–Kier alpha value is -0.900. The zero-order valence-electron chi connectivity index (χ0n) is 14.4. The van der Waals surface area contributed by atoms with Gasteiger partial charge in [0.1, 0.15) is 0 Å². The molecule has 1 aromatic carbocycles. The molecule has 0 spiro atoms. The van der Waals surface area contributed by atoms with Crippen molar-refractivity contribution in [2.24, 2.45) is 5.92 Å². The van der Waals surface area contributed by atoms with Crippen molar-refractivity contribution in [1.82, 2.24) is 10.2 Å². The van der Waals surface area contributed by atoms with Crippen LogP contribution in [0.2, 0.25) is 0 Å². The van der Waals surface area contributed by atoms with Crippen LogP contribution in [0.25, 0.3) is 0 Å². The Bertz CT molecular complexity index is 391. The molecule has 0 fully saturated rings. The van der Waals surface area contributed by atoms with Gasteiger partial charge in [0.2, 0.25) is 0 Å². The van der Waals surface area contributed by atoms with Gasteiger partial charge in [-0.05, 0) is 44.5 Å². The van der Waals surface area contributed by atoms with Gasteiger partial charge in [0, 0.05) is 19.6 Å². The molecule has 0 saturated carbocycles. The van der Waals surface area contributed by atoms with Crippen LogP contribution in [0.1, 0.15) is 38.8 Å². The maximum atomic E-state index is 5.60. The molecule has 0 atom stereocenters. The van der Waals surface area contributed by atoms with Gasteiger partial charge in [-0.2, -0.15) is 0 Å². The Kier molecular flexibility index (Phi) is 8.58. The highest BCUT2D eigenvalue weighted by atomic mass is 16.5. The van der Waals surface area contributed by atoms with Crippen molar-refractivity contribution < 1.29 is 4.74 Å². The van der Waals surface area contributed by atoms with E-state index in [2.05, 4.69) is 69.2 Å². The van der Waals surface area contributed by atoms with Gasteiger partial charge < -0.3 is 10.1 Å². The summed E-state index contributed by atoms with van der Waals surface area (Å²) in [6, 6.07) is 8.84. The number of nitrogens with zero attached hydrogens (tertiary/aromatic N) is 1. The Labute approximate surface area is 130 Å². The summed E-state index contributed by atoms with van der Waals surface area (Å²) < 4.78 is 5.60. The van der Waals surface area contributed by atoms with Gasteiger partial charge in [-0.1, -0.05) is 38.1 Å². The summed E-state index contributed by atoms with van der Waals surface area (Å²) in [6.07, 6.45) is 0.314. The smallest absolute Gasteiger partial charge is 0.0596 e. The van der Waals surface area contributed by atoms with E-state index in [0.717, 1.165) is 32.8 Å². The van der Waals surface area contributed by atoms with E-state index in [1.54, 1.807) is 0 Å². The van der Waals surface area contributed by atoms with Crippen LogP contribution in [0.5, 0.6) is 0 Å². The molecule has 0 aliphatic rings. The van der Waals surface area contributed by atoms with Crippen molar-refractivity contribution >= 4 is 0 Å². The minimum Gasteiger partial charge on any atom is -0.377 e. The summed E-state index contributed by atoms with van der Waals surface area (Å²) in [5, 5.41) is 3.49. The highest BCUT2D eigenvalue weighted by Gasteiger charge is 2.03. The SMILES string of the molecule is CC(C)CNCc1cccc(CN(C)CCOC(C)C)c1. The molecule has 0 radical (unpaired) electrons. The van der Waals surface area contributed by atoms with Crippen molar-refractivity contribution in [2.75, 3.05) is 26.7 Å². The number of rotatable bonds is 10. The summed E-state index contributed by atoms with van der Waals surface area (Å²) in [5.74, 6) is 0.695. The van der Waals surface area contributed by atoms with Crippen molar-refractivity contribution in [3.8, 4) is 0 Å². The van der Waals surface area contributed by atoms with E-state index < -0.39 is 0 Å². The van der Waals surface area contributed by atoms with Gasteiger partial charge in [0.05, 0.1) is 12.7 Å². The van der Waals surface area contributed by atoms with Crippen LogP contribution in [-0.2, 0) is 17.8 Å². The fourth-order valence-corrected chi connectivity index (χ4v) is 2.18. The summed E-state index contributed by atoms with van der Waals surface area (Å²) in [4.78, 5) is 2.31. The zero-order valence-corrected chi connectivity index (χ0v) is 14.4. The molecule has 0 unspecified atom stereocenters. The molecule has 120 valence electrons. The molecule has 0 saturated heterocycles. The Morgan fingerprint density at radius 3 is 2.52 bits per heavy atom. The molecular formula is C18H32N2O. The fourth-order valence-electron chi connectivity index (χ4n) is 2.18. The number of hydrogen-bond acceptors (Lipinski definition) is 3. The summed E-state index contributed by atoms with van der Waals surface area (Å²) >= 11 is 0. The zero-order chi connectivity index (χ0) is 15.7. The fraction of sp³-hybridized carbons (Fsp3) is 0.667. The van der Waals surface area contributed by atoms with Crippen molar-refractivity contribution in [3.63, 3.8) is 0 Å². The first-order valence-corrected chi connectivity index (χ1v) is 8.06. The number of ether oxygens (including phenoxy) is 1. The summed E-state index contributed by atoms with van der Waals surface area (Å²) in [5.41, 5.74) is 2.73. The second-order valence-corrected chi connectivity index (χ2v) is 6.50. The molecule has 3 nitrogen and oxygen atoms in total. The van der Waals surface area contributed by atoms with Crippen molar-refractivity contribution in [1.29, 1.82) is 0 Å². The van der Waals surface area contributed by atoms with Crippen molar-refractivity contribution in [3.05, 3.63) is 35.4 Å². The topological polar surface area (TPSA) is 24.5 Å². The first kappa shape index (κ1) is 18.1. The Morgan fingerprint density at radius 2 is 1.86 bits per heavy atom. The van der Waals surface area contributed by atoms with Crippen LogP contribution in [0.15, 0.2) is 24.3 Å². The third-order valence-electron chi connectivity index (χ3n) is 3.25. The number of nitrogens with one attached hydrogen (secondary N) is 1. The first-order chi connectivity index (χ1) is 9.97. The van der Waals surface area contributed by atoms with E-state index >= 15 is 0 Å². The second-order valence-electron chi connectivity index (χ2n) is 6.50. The molecular weight excluding hydrogens is 260 g/mol. The minimum absolute atomic E-state index is 0.314. The van der Waals surface area contributed by atoms with Crippen LogP contribution in [-0.4, -0.2) is 37.7 Å². The van der Waals surface area contributed by atoms with Gasteiger partial charge >= 0.3 is 0 Å². The predicted molar refractivity (Wildman–Crippen MR) is 90.4 cm³/mol. The number of benzene rings is 1. The minimum atomic E-state index is 0.314. The van der Waals surface area contributed by atoms with Crippen LogP contribution in [0.4, 0.5) is 0 Å². The average Bonchev–Trinajstić information content (AvgIpc) is 2.38. The Balaban J connectivity index is 2.37. The van der Waals surface area contributed by atoms with E-state index in [1.807, 2.05) is 0 Å². The quantitative estimate of drug-likeness (QED) is 0.716.